The second-order valence-corrected chi connectivity index (χ2v) is 7.34. The lowest BCUT2D eigenvalue weighted by atomic mass is 10.1. The van der Waals surface area contributed by atoms with E-state index in [-0.39, 0.29) is 27.8 Å². The number of hydrogen-bond donors (Lipinski definition) is 1. The fourth-order valence-electron chi connectivity index (χ4n) is 3.37. The Balaban J connectivity index is 1.67. The summed E-state index contributed by atoms with van der Waals surface area (Å²) in [5, 5.41) is 22.6. The van der Waals surface area contributed by atoms with Crippen LogP contribution >= 0.6 is 0 Å². The van der Waals surface area contributed by atoms with E-state index in [9.17, 15) is 40.8 Å². The standard InChI is InChI=1S/C21H11F7N8O/c22-13-2-1-11(16(6-13)20(23,24)25)10-35-17(21(26,27)28)15(9-33-35)19(37)34-14-5-12(7-29)18(30-8-14)36-31-3-4-32-36/h1-6,8-9H,10H2,(H,34,37). The van der Waals surface area contributed by atoms with Gasteiger partial charge in [-0.15, -0.1) is 4.80 Å². The van der Waals surface area contributed by atoms with Gasteiger partial charge in [0.25, 0.3) is 5.91 Å². The van der Waals surface area contributed by atoms with Crippen LogP contribution in [0.1, 0.15) is 32.7 Å². The summed E-state index contributed by atoms with van der Waals surface area (Å²) < 4.78 is 95.1. The first kappa shape index (κ1) is 25.3. The number of anilines is 1. The highest BCUT2D eigenvalue weighted by Gasteiger charge is 2.41. The molecule has 0 spiro atoms. The molecule has 0 aliphatic heterocycles. The molecule has 0 aliphatic rings. The third-order valence-electron chi connectivity index (χ3n) is 4.90. The van der Waals surface area contributed by atoms with Crippen LogP contribution in [0.15, 0.2) is 49.1 Å². The summed E-state index contributed by atoms with van der Waals surface area (Å²) in [4.78, 5) is 17.6. The minimum Gasteiger partial charge on any atom is -0.320 e. The molecular weight excluding hydrogens is 513 g/mol. The van der Waals surface area contributed by atoms with Crippen LogP contribution in [0.3, 0.4) is 0 Å². The molecule has 1 amide bonds. The second kappa shape index (κ2) is 9.33. The number of nitrogens with zero attached hydrogens (tertiary/aromatic N) is 7. The number of carbonyl (C=O) groups is 1. The summed E-state index contributed by atoms with van der Waals surface area (Å²) in [6, 6.07) is 4.42. The first-order valence-corrected chi connectivity index (χ1v) is 9.95. The Morgan fingerprint density at radius 1 is 1.00 bits per heavy atom. The Morgan fingerprint density at radius 2 is 1.70 bits per heavy atom. The topological polar surface area (TPSA) is 114 Å². The van der Waals surface area contributed by atoms with Crippen molar-refractivity contribution < 1.29 is 35.5 Å². The monoisotopic (exact) mass is 524 g/mol. The van der Waals surface area contributed by atoms with E-state index in [0.717, 1.165) is 17.1 Å². The van der Waals surface area contributed by atoms with E-state index in [1.165, 1.54) is 12.4 Å². The Morgan fingerprint density at radius 3 is 2.32 bits per heavy atom. The first-order chi connectivity index (χ1) is 17.4. The highest BCUT2D eigenvalue weighted by Crippen LogP contribution is 2.36. The van der Waals surface area contributed by atoms with Gasteiger partial charge in [0.2, 0.25) is 0 Å². The molecule has 16 heteroatoms. The van der Waals surface area contributed by atoms with Gasteiger partial charge in [0.1, 0.15) is 17.4 Å². The van der Waals surface area contributed by atoms with Crippen molar-refractivity contribution in [3.05, 3.63) is 82.8 Å². The van der Waals surface area contributed by atoms with Crippen LogP contribution in [0.5, 0.6) is 0 Å². The number of nitrogens with one attached hydrogen (secondary N) is 1. The number of nitriles is 1. The Kier molecular flexibility index (Phi) is 6.38. The summed E-state index contributed by atoms with van der Waals surface area (Å²) >= 11 is 0. The van der Waals surface area contributed by atoms with Gasteiger partial charge in [0, 0.05) is 0 Å². The average Bonchev–Trinajstić information content (AvgIpc) is 3.49. The Bertz CT molecular complexity index is 1500. The molecule has 0 saturated heterocycles. The molecule has 1 aromatic carbocycles. The molecule has 4 aromatic rings. The number of pyridine rings is 1. The maximum atomic E-state index is 13.9. The molecule has 0 fully saturated rings. The van der Waals surface area contributed by atoms with Crippen molar-refractivity contribution >= 4 is 11.6 Å². The molecule has 0 aliphatic carbocycles. The fourth-order valence-corrected chi connectivity index (χ4v) is 3.37. The van der Waals surface area contributed by atoms with Gasteiger partial charge in [0.05, 0.1) is 48.1 Å². The fraction of sp³-hybridized carbons (Fsp3) is 0.143. The highest BCUT2D eigenvalue weighted by molar-refractivity contribution is 6.05. The van der Waals surface area contributed by atoms with E-state index in [1.807, 2.05) is 0 Å². The van der Waals surface area contributed by atoms with E-state index in [0.29, 0.717) is 18.3 Å². The van der Waals surface area contributed by atoms with E-state index in [1.54, 1.807) is 6.07 Å². The van der Waals surface area contributed by atoms with E-state index < -0.39 is 53.0 Å². The van der Waals surface area contributed by atoms with Crippen LogP contribution in [0.25, 0.3) is 5.82 Å². The highest BCUT2D eigenvalue weighted by atomic mass is 19.4. The third-order valence-corrected chi connectivity index (χ3v) is 4.90. The molecule has 4 rings (SSSR count). The lowest BCUT2D eigenvalue weighted by molar-refractivity contribution is -0.144. The van der Waals surface area contributed by atoms with Gasteiger partial charge in [-0.25, -0.2) is 9.37 Å². The zero-order chi connectivity index (χ0) is 27.0. The number of halogens is 7. The molecular formula is C21H11F7N8O. The second-order valence-electron chi connectivity index (χ2n) is 7.34. The zero-order valence-corrected chi connectivity index (χ0v) is 18.0. The van der Waals surface area contributed by atoms with Crippen molar-refractivity contribution in [2.24, 2.45) is 0 Å². The number of amides is 1. The van der Waals surface area contributed by atoms with Crippen LogP contribution in [0, 0.1) is 17.1 Å². The largest absolute Gasteiger partial charge is 0.433 e. The summed E-state index contributed by atoms with van der Waals surface area (Å²) in [6.07, 6.45) is -6.03. The summed E-state index contributed by atoms with van der Waals surface area (Å²) in [6.45, 7) is -1.05. The van der Waals surface area contributed by atoms with Gasteiger partial charge in [-0.05, 0) is 23.8 Å². The molecule has 9 nitrogen and oxygen atoms in total. The van der Waals surface area contributed by atoms with Crippen LogP contribution in [0.2, 0.25) is 0 Å². The van der Waals surface area contributed by atoms with E-state index in [4.69, 9.17) is 0 Å². The van der Waals surface area contributed by atoms with Gasteiger partial charge in [-0.1, -0.05) is 6.07 Å². The van der Waals surface area contributed by atoms with Crippen LogP contribution in [0.4, 0.5) is 36.4 Å². The zero-order valence-electron chi connectivity index (χ0n) is 18.0. The summed E-state index contributed by atoms with van der Waals surface area (Å²) in [5.74, 6) is -2.55. The van der Waals surface area contributed by atoms with Gasteiger partial charge >= 0.3 is 12.4 Å². The minimum absolute atomic E-state index is 0.00549. The lowest BCUT2D eigenvalue weighted by Gasteiger charge is -2.16. The SMILES string of the molecule is N#Cc1cc(NC(=O)c2cnn(Cc3ccc(F)cc3C(F)(F)F)c2C(F)(F)F)cnc1-n1nccn1. The van der Waals surface area contributed by atoms with Gasteiger partial charge < -0.3 is 5.32 Å². The van der Waals surface area contributed by atoms with Crippen molar-refractivity contribution in [1.29, 1.82) is 5.26 Å². The van der Waals surface area contributed by atoms with Gasteiger partial charge in [-0.3, -0.25) is 9.48 Å². The molecule has 0 atom stereocenters. The van der Waals surface area contributed by atoms with Crippen molar-refractivity contribution in [3.8, 4) is 11.9 Å². The van der Waals surface area contributed by atoms with Crippen LogP contribution in [-0.2, 0) is 18.9 Å². The molecule has 0 bridgehead atoms. The van der Waals surface area contributed by atoms with Crippen molar-refractivity contribution in [1.82, 2.24) is 29.8 Å². The Labute approximate surface area is 201 Å². The van der Waals surface area contributed by atoms with E-state index >= 15 is 0 Å². The van der Waals surface area contributed by atoms with Crippen molar-refractivity contribution in [2.75, 3.05) is 5.32 Å². The molecule has 3 heterocycles. The first-order valence-electron chi connectivity index (χ1n) is 9.95. The molecule has 190 valence electrons. The summed E-state index contributed by atoms with van der Waals surface area (Å²) in [5.41, 5.74) is -5.08. The van der Waals surface area contributed by atoms with Crippen molar-refractivity contribution in [2.45, 2.75) is 18.9 Å². The molecule has 3 aromatic heterocycles. The number of benzene rings is 1. The van der Waals surface area contributed by atoms with Crippen LogP contribution in [-0.4, -0.2) is 35.7 Å². The third kappa shape index (κ3) is 5.24. The summed E-state index contributed by atoms with van der Waals surface area (Å²) in [7, 11) is 0. The maximum Gasteiger partial charge on any atom is 0.433 e. The lowest BCUT2D eigenvalue weighted by Crippen LogP contribution is -2.22. The smallest absolute Gasteiger partial charge is 0.320 e. The normalized spacial score (nSPS) is 11.8. The quantitative estimate of drug-likeness (QED) is 0.392. The van der Waals surface area contributed by atoms with Crippen molar-refractivity contribution in [3.63, 3.8) is 0 Å². The molecule has 1 N–H and O–H groups in total. The average molecular weight is 524 g/mol. The predicted octanol–water partition coefficient (Wildman–Crippen LogP) is 4.21. The number of rotatable bonds is 5. The number of carbonyl (C=O) groups excluding carboxylic acids is 1. The van der Waals surface area contributed by atoms with Gasteiger partial charge in [0.15, 0.2) is 11.5 Å². The molecule has 0 radical (unpaired) electrons. The molecule has 0 saturated carbocycles. The minimum atomic E-state index is -5.20. The maximum absolute atomic E-state index is 13.9. The predicted molar refractivity (Wildman–Crippen MR) is 110 cm³/mol. The Hall–Kier alpha value is -4.81. The number of hydrogen-bond acceptors (Lipinski definition) is 6. The molecule has 0 unspecified atom stereocenters. The number of alkyl halides is 6. The van der Waals surface area contributed by atoms with E-state index in [2.05, 4.69) is 25.6 Å². The van der Waals surface area contributed by atoms with Gasteiger partial charge in [-0.2, -0.15) is 46.9 Å². The number of aromatic nitrogens is 6. The van der Waals surface area contributed by atoms with Crippen LogP contribution < -0.4 is 5.32 Å². The molecule has 37 heavy (non-hydrogen) atoms.